The topological polar surface area (TPSA) is 108 Å². The standard InChI is InChI=1S/C13H12O.C7H7BrO.C6H7BO2.CH2O3.CH4.2K.H/c1-14-13-9-5-8-12(10-13)11-6-3-2-4-7-11;1-9-7-4-2-3-6(8)5-7;8-7(9)6-4-2-1-3-5-6;2-1-4-3;;;;/h2-10H,1H3;2-5H,1H3;1-5,8-9H;1,3H;1H4;;;/q;;;;;2*+1;-1/p-1. The maximum Gasteiger partial charge on any atom is 1.00 e. The molecule has 0 heterocycles. The number of methoxy groups -OCH3 is 2. The molecule has 0 aliphatic heterocycles. The fourth-order valence-corrected chi connectivity index (χ4v) is 3.03. The molecule has 39 heavy (non-hydrogen) atoms. The number of rotatable bonds is 5. The van der Waals surface area contributed by atoms with Crippen molar-refractivity contribution in [3.63, 3.8) is 0 Å². The molecule has 4 aromatic carbocycles. The van der Waals surface area contributed by atoms with E-state index in [2.05, 4.69) is 39.0 Å². The second kappa shape index (κ2) is 27.8. The molecule has 0 saturated heterocycles. The summed E-state index contributed by atoms with van der Waals surface area (Å²) in [6, 6.07) is 34.7. The van der Waals surface area contributed by atoms with Crippen molar-refractivity contribution in [3.8, 4) is 22.6 Å². The monoisotopic (exact) mass is 648 g/mol. The van der Waals surface area contributed by atoms with Crippen molar-refractivity contribution >= 4 is 35.0 Å². The summed E-state index contributed by atoms with van der Waals surface area (Å²) < 4.78 is 11.2. The van der Waals surface area contributed by atoms with Crippen LogP contribution in [0.3, 0.4) is 0 Å². The van der Waals surface area contributed by atoms with Gasteiger partial charge in [-0.15, -0.1) is 0 Å². The van der Waals surface area contributed by atoms with E-state index in [4.69, 9.17) is 29.6 Å². The average Bonchev–Trinajstić information content (AvgIpc) is 2.95. The maximum atomic E-state index is 8.64. The quantitative estimate of drug-likeness (QED) is 0.116. The Hall–Kier alpha value is -0.352. The summed E-state index contributed by atoms with van der Waals surface area (Å²) in [5.74, 6) is 1.77. The van der Waals surface area contributed by atoms with Crippen LogP contribution in [-0.2, 0) is 9.68 Å². The first-order valence-corrected chi connectivity index (χ1v) is 11.4. The van der Waals surface area contributed by atoms with E-state index in [1.54, 1.807) is 38.5 Å². The van der Waals surface area contributed by atoms with Crippen LogP contribution >= 0.6 is 15.9 Å². The van der Waals surface area contributed by atoms with Gasteiger partial charge in [0.05, 0.1) is 14.2 Å². The zero-order valence-electron chi connectivity index (χ0n) is 22.9. The van der Waals surface area contributed by atoms with Crippen LogP contribution in [0.2, 0.25) is 0 Å². The number of carbonyl (C=O) groups is 1. The van der Waals surface area contributed by atoms with Crippen LogP contribution in [0.4, 0.5) is 0 Å². The van der Waals surface area contributed by atoms with Crippen molar-refractivity contribution < 1.29 is 139 Å². The van der Waals surface area contributed by atoms with Gasteiger partial charge in [0.2, 0.25) is 0 Å². The third kappa shape index (κ3) is 20.2. The zero-order chi connectivity index (χ0) is 26.6. The molecule has 0 radical (unpaired) electrons. The fourth-order valence-electron chi connectivity index (χ4n) is 2.65. The Bertz CT molecular complexity index is 1130. The summed E-state index contributed by atoms with van der Waals surface area (Å²) in [7, 11) is 2.00. The Morgan fingerprint density at radius 1 is 0.744 bits per heavy atom. The molecular weight excluding hydrogens is 617 g/mol. The first-order valence-electron chi connectivity index (χ1n) is 10.6. The summed E-state index contributed by atoms with van der Waals surface area (Å²) in [5.41, 5.74) is 2.92. The molecule has 198 valence electrons. The van der Waals surface area contributed by atoms with Crippen molar-refractivity contribution in [3.05, 3.63) is 114 Å². The van der Waals surface area contributed by atoms with E-state index in [-0.39, 0.29) is 118 Å². The molecule has 0 aliphatic rings. The Balaban J connectivity index is -0.000000223. The molecule has 7 nitrogen and oxygen atoms in total. The van der Waals surface area contributed by atoms with Crippen molar-refractivity contribution in [2.45, 2.75) is 7.43 Å². The molecule has 0 aliphatic carbocycles. The molecule has 0 bridgehead atoms. The molecular formula is C28H32BBrK2O7. The predicted octanol–water partition coefficient (Wildman–Crippen LogP) is -1.62. The van der Waals surface area contributed by atoms with Crippen LogP contribution in [0.5, 0.6) is 11.5 Å². The van der Waals surface area contributed by atoms with Gasteiger partial charge in [-0.1, -0.05) is 102 Å². The maximum absolute atomic E-state index is 8.64. The summed E-state index contributed by atoms with van der Waals surface area (Å²) in [6.07, 6.45) is 0. The number of hydrogen-bond acceptors (Lipinski definition) is 7. The average molecular weight is 649 g/mol. The third-order valence-corrected chi connectivity index (χ3v) is 4.84. The molecule has 0 spiro atoms. The minimum absolute atomic E-state index is 0. The SMILES string of the molecule is C.COc1cccc(-c2ccccc2)c1.COc1cccc(Br)c1.O=CO[O-].OB(O)c1ccccc1.[H-].[K+].[K+]. The van der Waals surface area contributed by atoms with E-state index in [0.717, 1.165) is 16.0 Å². The molecule has 0 saturated carbocycles. The zero-order valence-corrected chi connectivity index (χ0v) is 29.7. The molecule has 2 N–H and O–H groups in total. The van der Waals surface area contributed by atoms with E-state index in [1.165, 1.54) is 11.1 Å². The third-order valence-electron chi connectivity index (χ3n) is 4.35. The second-order valence-electron chi connectivity index (χ2n) is 6.74. The van der Waals surface area contributed by atoms with E-state index >= 15 is 0 Å². The van der Waals surface area contributed by atoms with Gasteiger partial charge in [0.15, 0.2) is 0 Å². The summed E-state index contributed by atoms with van der Waals surface area (Å²) >= 11 is 3.32. The molecule has 0 aromatic heterocycles. The molecule has 4 aromatic rings. The van der Waals surface area contributed by atoms with E-state index in [9.17, 15) is 0 Å². The Labute approximate surface area is 326 Å². The van der Waals surface area contributed by atoms with Crippen molar-refractivity contribution in [2.75, 3.05) is 14.2 Å². The van der Waals surface area contributed by atoms with Crippen LogP contribution in [-0.4, -0.2) is 37.9 Å². The predicted molar refractivity (Wildman–Crippen MR) is 150 cm³/mol. The van der Waals surface area contributed by atoms with Gasteiger partial charge in [-0.3, -0.25) is 4.79 Å². The number of hydrogen-bond donors (Lipinski definition) is 2. The first kappa shape index (κ1) is 43.1. The van der Waals surface area contributed by atoms with E-state index < -0.39 is 7.12 Å². The van der Waals surface area contributed by atoms with Gasteiger partial charge in [0.25, 0.3) is 6.47 Å². The number of ether oxygens (including phenoxy) is 2. The number of benzene rings is 4. The van der Waals surface area contributed by atoms with Crippen LogP contribution in [0.25, 0.3) is 11.1 Å². The summed E-state index contributed by atoms with van der Waals surface area (Å²) in [5, 5.41) is 25.6. The van der Waals surface area contributed by atoms with Crippen LogP contribution < -0.4 is 123 Å². The second-order valence-corrected chi connectivity index (χ2v) is 7.65. The molecule has 0 amide bonds. The molecule has 4 rings (SSSR count). The molecule has 0 fully saturated rings. The molecule has 0 unspecified atom stereocenters. The van der Waals surface area contributed by atoms with Crippen molar-refractivity contribution in [1.82, 2.24) is 0 Å². The van der Waals surface area contributed by atoms with Gasteiger partial charge in [-0.05, 0) is 46.9 Å². The fraction of sp³-hybridized carbons (Fsp3) is 0.107. The molecule has 0 atom stereocenters. The Morgan fingerprint density at radius 2 is 1.18 bits per heavy atom. The van der Waals surface area contributed by atoms with Crippen LogP contribution in [0.15, 0.2) is 114 Å². The number of carbonyl (C=O) groups excluding carboxylic acids is 1. The minimum atomic E-state index is -1.34. The normalized spacial score (nSPS) is 8.26. The van der Waals surface area contributed by atoms with Crippen molar-refractivity contribution in [2.24, 2.45) is 0 Å². The summed E-state index contributed by atoms with van der Waals surface area (Å²) in [4.78, 5) is 11.2. The minimum Gasteiger partial charge on any atom is -1.00 e. The molecule has 11 heteroatoms. The van der Waals surface area contributed by atoms with Gasteiger partial charge < -0.3 is 31.1 Å². The van der Waals surface area contributed by atoms with E-state index in [1.807, 2.05) is 66.7 Å². The Morgan fingerprint density at radius 3 is 1.56 bits per heavy atom. The number of halogens is 1. The van der Waals surface area contributed by atoms with E-state index in [0.29, 0.717) is 5.46 Å². The van der Waals surface area contributed by atoms with Gasteiger partial charge >= 0.3 is 110 Å². The largest absolute Gasteiger partial charge is 1.00 e. The van der Waals surface area contributed by atoms with Gasteiger partial charge in [-0.2, -0.15) is 0 Å². The summed E-state index contributed by atoms with van der Waals surface area (Å²) in [6.45, 7) is -0.181. The Kier molecular flexibility index (Phi) is 30.7. The van der Waals surface area contributed by atoms with Crippen LogP contribution in [0.1, 0.15) is 8.85 Å². The van der Waals surface area contributed by atoms with Crippen LogP contribution in [0, 0.1) is 0 Å². The smallest absolute Gasteiger partial charge is 1.00 e. The van der Waals surface area contributed by atoms with Gasteiger partial charge in [0.1, 0.15) is 11.5 Å². The van der Waals surface area contributed by atoms with Gasteiger partial charge in [0, 0.05) is 4.47 Å². The van der Waals surface area contributed by atoms with Crippen molar-refractivity contribution in [1.29, 1.82) is 0 Å². The van der Waals surface area contributed by atoms with Gasteiger partial charge in [-0.25, -0.2) is 0 Å². The first-order chi connectivity index (χ1) is 17.4.